The molecule has 0 spiro atoms. The van der Waals surface area contributed by atoms with Gasteiger partial charge in [0.05, 0.1) is 22.9 Å². The number of hydrogen-bond donors (Lipinski definition) is 1. The predicted molar refractivity (Wildman–Crippen MR) is 108 cm³/mol. The van der Waals surface area contributed by atoms with Gasteiger partial charge in [-0.05, 0) is 36.6 Å². The van der Waals surface area contributed by atoms with Crippen LogP contribution in [0.5, 0.6) is 0 Å². The third-order valence-corrected chi connectivity index (χ3v) is 3.72. The predicted octanol–water partition coefficient (Wildman–Crippen LogP) is 5.90. The van der Waals surface area contributed by atoms with Gasteiger partial charge in [0.15, 0.2) is 0 Å². The first-order valence-corrected chi connectivity index (χ1v) is 8.75. The lowest BCUT2D eigenvalue weighted by molar-refractivity contribution is 0.868. The van der Waals surface area contributed by atoms with Crippen LogP contribution in [-0.4, -0.2) is 19.9 Å². The second-order valence-electron chi connectivity index (χ2n) is 5.81. The molecule has 4 rings (SSSR count). The Morgan fingerprint density at radius 1 is 0.960 bits per heavy atom. The SMILES string of the molecule is CC.CC(C)c1ccc2nc[nH]c2c1.Cc1ncc2ccccc2n1.[HH]. The van der Waals surface area contributed by atoms with Crippen molar-refractivity contribution in [3.8, 4) is 0 Å². The quantitative estimate of drug-likeness (QED) is 0.471. The van der Waals surface area contributed by atoms with Crippen molar-refractivity contribution in [2.45, 2.75) is 40.5 Å². The van der Waals surface area contributed by atoms with E-state index in [1.54, 1.807) is 6.33 Å². The highest BCUT2D eigenvalue weighted by atomic mass is 14.9. The molecule has 0 aliphatic rings. The van der Waals surface area contributed by atoms with E-state index in [1.807, 2.05) is 51.2 Å². The summed E-state index contributed by atoms with van der Waals surface area (Å²) in [6.07, 6.45) is 3.58. The summed E-state index contributed by atoms with van der Waals surface area (Å²) in [7, 11) is 0. The minimum atomic E-state index is 0. The van der Waals surface area contributed by atoms with E-state index in [4.69, 9.17) is 0 Å². The molecule has 4 nitrogen and oxygen atoms in total. The molecule has 0 amide bonds. The maximum Gasteiger partial charge on any atom is 0.125 e. The number of fused-ring (bicyclic) bond motifs is 2. The Morgan fingerprint density at radius 2 is 1.72 bits per heavy atom. The molecule has 0 saturated carbocycles. The maximum absolute atomic E-state index is 4.26. The van der Waals surface area contributed by atoms with Gasteiger partial charge < -0.3 is 4.98 Å². The van der Waals surface area contributed by atoms with Crippen LogP contribution in [0.15, 0.2) is 55.0 Å². The Kier molecular flexibility index (Phi) is 6.63. The fraction of sp³-hybridized carbons (Fsp3) is 0.286. The molecule has 4 aromatic rings. The zero-order valence-electron chi connectivity index (χ0n) is 15.6. The van der Waals surface area contributed by atoms with Crippen molar-refractivity contribution < 1.29 is 1.43 Å². The Bertz CT molecular complexity index is 931. The molecule has 2 aromatic carbocycles. The summed E-state index contributed by atoms with van der Waals surface area (Å²) in [5.74, 6) is 1.40. The van der Waals surface area contributed by atoms with Gasteiger partial charge in [-0.1, -0.05) is 52.0 Å². The summed E-state index contributed by atoms with van der Waals surface area (Å²) in [5, 5.41) is 1.10. The Balaban J connectivity index is 0.000000230. The molecule has 2 aromatic heterocycles. The van der Waals surface area contributed by atoms with Crippen LogP contribution in [0.4, 0.5) is 0 Å². The minimum absolute atomic E-state index is 0. The zero-order chi connectivity index (χ0) is 18.2. The van der Waals surface area contributed by atoms with Gasteiger partial charge in [0.25, 0.3) is 0 Å². The minimum Gasteiger partial charge on any atom is -0.345 e. The van der Waals surface area contributed by atoms with Gasteiger partial charge in [-0.25, -0.2) is 15.0 Å². The number of hydrogen-bond acceptors (Lipinski definition) is 3. The average Bonchev–Trinajstić information content (AvgIpc) is 3.11. The number of imidazole rings is 1. The Labute approximate surface area is 150 Å². The second kappa shape index (κ2) is 8.92. The van der Waals surface area contributed by atoms with E-state index in [-0.39, 0.29) is 1.43 Å². The number of aryl methyl sites for hydroxylation is 1. The van der Waals surface area contributed by atoms with Gasteiger partial charge in [0.1, 0.15) is 5.82 Å². The standard InChI is InChI=1S/C10H12N2.C9H8N2.C2H6.H2/c1-7(2)8-3-4-9-10(5-8)12-6-11-9;1-7-10-6-8-4-2-3-5-9(8)11-7;1-2;/h3-7H,1-2H3,(H,11,12);2-6H,1H3;1-2H3;1H. The van der Waals surface area contributed by atoms with Crippen molar-refractivity contribution in [3.05, 3.63) is 66.4 Å². The lowest BCUT2D eigenvalue weighted by atomic mass is 10.0. The van der Waals surface area contributed by atoms with Crippen molar-refractivity contribution in [2.24, 2.45) is 0 Å². The largest absolute Gasteiger partial charge is 0.345 e. The number of nitrogens with zero attached hydrogens (tertiary/aromatic N) is 3. The van der Waals surface area contributed by atoms with Crippen molar-refractivity contribution >= 4 is 21.9 Å². The number of nitrogens with one attached hydrogen (secondary N) is 1. The van der Waals surface area contributed by atoms with Crippen molar-refractivity contribution in [2.75, 3.05) is 0 Å². The molecule has 0 bridgehead atoms. The molecule has 25 heavy (non-hydrogen) atoms. The normalized spacial score (nSPS) is 10.2. The highest BCUT2D eigenvalue weighted by molar-refractivity contribution is 5.77. The first-order valence-electron chi connectivity index (χ1n) is 8.75. The van der Waals surface area contributed by atoms with Crippen LogP contribution in [0.25, 0.3) is 21.9 Å². The second-order valence-corrected chi connectivity index (χ2v) is 5.81. The van der Waals surface area contributed by atoms with Crippen LogP contribution in [0.2, 0.25) is 0 Å². The molecule has 132 valence electrons. The molecule has 0 fully saturated rings. The van der Waals surface area contributed by atoms with Crippen molar-refractivity contribution in [3.63, 3.8) is 0 Å². The average molecular weight is 336 g/mol. The van der Waals surface area contributed by atoms with Gasteiger partial charge in [0, 0.05) is 13.0 Å². The summed E-state index contributed by atoms with van der Waals surface area (Å²) in [6, 6.07) is 14.3. The molecule has 2 heterocycles. The maximum atomic E-state index is 4.26. The summed E-state index contributed by atoms with van der Waals surface area (Å²) in [6.45, 7) is 10.3. The summed E-state index contributed by atoms with van der Waals surface area (Å²) in [5.41, 5.74) is 4.53. The summed E-state index contributed by atoms with van der Waals surface area (Å²) < 4.78 is 0. The molecule has 0 unspecified atom stereocenters. The van der Waals surface area contributed by atoms with Crippen LogP contribution in [0, 0.1) is 6.92 Å². The van der Waals surface area contributed by atoms with E-state index in [0.29, 0.717) is 5.92 Å². The molecule has 0 radical (unpaired) electrons. The van der Waals surface area contributed by atoms with Gasteiger partial charge in [-0.15, -0.1) is 0 Å². The lowest BCUT2D eigenvalue weighted by Crippen LogP contribution is -1.86. The number of H-pyrrole nitrogens is 1. The molecule has 0 atom stereocenters. The first kappa shape index (κ1) is 18.6. The number of aromatic amines is 1. The van der Waals surface area contributed by atoms with Crippen LogP contribution < -0.4 is 0 Å². The van der Waals surface area contributed by atoms with E-state index in [1.165, 1.54) is 5.56 Å². The number of aromatic nitrogens is 4. The molecule has 0 saturated heterocycles. The molecular weight excluding hydrogens is 308 g/mol. The van der Waals surface area contributed by atoms with Crippen LogP contribution in [0.1, 0.15) is 46.4 Å². The number of para-hydroxylation sites is 1. The fourth-order valence-corrected chi connectivity index (χ4v) is 2.38. The highest BCUT2D eigenvalue weighted by Gasteiger charge is 2.00. The van der Waals surface area contributed by atoms with E-state index in [9.17, 15) is 0 Å². The highest BCUT2D eigenvalue weighted by Crippen LogP contribution is 2.18. The third kappa shape index (κ3) is 4.86. The Hall–Kier alpha value is -2.75. The molecule has 0 aliphatic heterocycles. The van der Waals surface area contributed by atoms with E-state index < -0.39 is 0 Å². The van der Waals surface area contributed by atoms with Gasteiger partial charge in [-0.3, -0.25) is 0 Å². The molecule has 0 aliphatic carbocycles. The van der Waals surface area contributed by atoms with Gasteiger partial charge in [0.2, 0.25) is 0 Å². The van der Waals surface area contributed by atoms with Crippen molar-refractivity contribution in [1.29, 1.82) is 0 Å². The molecule has 1 N–H and O–H groups in total. The third-order valence-electron chi connectivity index (χ3n) is 3.72. The molecular formula is C21H28N4. The van der Waals surface area contributed by atoms with E-state index in [2.05, 4.69) is 52.0 Å². The first-order chi connectivity index (χ1) is 12.1. The van der Waals surface area contributed by atoms with Gasteiger partial charge in [-0.2, -0.15) is 0 Å². The van der Waals surface area contributed by atoms with E-state index >= 15 is 0 Å². The topological polar surface area (TPSA) is 54.5 Å². The smallest absolute Gasteiger partial charge is 0.125 e. The van der Waals surface area contributed by atoms with Crippen LogP contribution in [-0.2, 0) is 0 Å². The fourth-order valence-electron chi connectivity index (χ4n) is 2.38. The summed E-state index contributed by atoms with van der Waals surface area (Å²) >= 11 is 0. The number of benzene rings is 2. The zero-order valence-corrected chi connectivity index (χ0v) is 15.6. The lowest BCUT2D eigenvalue weighted by Gasteiger charge is -2.03. The van der Waals surface area contributed by atoms with Crippen LogP contribution >= 0.6 is 0 Å². The molecule has 4 heteroatoms. The Morgan fingerprint density at radius 3 is 2.48 bits per heavy atom. The van der Waals surface area contributed by atoms with Crippen LogP contribution in [0.3, 0.4) is 0 Å². The number of rotatable bonds is 1. The monoisotopic (exact) mass is 336 g/mol. The summed E-state index contributed by atoms with van der Waals surface area (Å²) in [4.78, 5) is 15.6. The van der Waals surface area contributed by atoms with Crippen molar-refractivity contribution in [1.82, 2.24) is 19.9 Å². The van der Waals surface area contributed by atoms with Gasteiger partial charge >= 0.3 is 0 Å². The van der Waals surface area contributed by atoms with E-state index in [0.717, 1.165) is 27.8 Å².